The molecule has 1 rings (SSSR count). The highest BCUT2D eigenvalue weighted by atomic mass is 35.5. The summed E-state index contributed by atoms with van der Waals surface area (Å²) in [7, 11) is 0. The number of hydrogen-bond donors (Lipinski definition) is 1. The molecule has 0 aliphatic carbocycles. The van der Waals surface area contributed by atoms with E-state index in [1.807, 2.05) is 12.1 Å². The predicted octanol–water partition coefficient (Wildman–Crippen LogP) is 1.65. The SMILES string of the molecule is CC(O)OCCN(C=O)Cc1ccc(Cl)cc1. The second-order valence-corrected chi connectivity index (χ2v) is 4.11. The van der Waals surface area contributed by atoms with Gasteiger partial charge in [-0.25, -0.2) is 0 Å². The van der Waals surface area contributed by atoms with Gasteiger partial charge in [0.1, 0.15) is 0 Å². The zero-order chi connectivity index (χ0) is 12.7. The first-order chi connectivity index (χ1) is 8.11. The number of hydrogen-bond acceptors (Lipinski definition) is 3. The van der Waals surface area contributed by atoms with Crippen molar-refractivity contribution in [2.24, 2.45) is 0 Å². The molecule has 1 N–H and O–H groups in total. The van der Waals surface area contributed by atoms with Crippen LogP contribution < -0.4 is 0 Å². The summed E-state index contributed by atoms with van der Waals surface area (Å²) in [5, 5.41) is 9.58. The van der Waals surface area contributed by atoms with Crippen LogP contribution in [0.15, 0.2) is 24.3 Å². The Balaban J connectivity index is 2.41. The van der Waals surface area contributed by atoms with Gasteiger partial charge >= 0.3 is 0 Å². The zero-order valence-electron chi connectivity index (χ0n) is 9.67. The van der Waals surface area contributed by atoms with Gasteiger partial charge in [0.2, 0.25) is 6.41 Å². The highest BCUT2D eigenvalue weighted by Gasteiger charge is 2.04. The van der Waals surface area contributed by atoms with Crippen LogP contribution in [0.2, 0.25) is 5.02 Å². The van der Waals surface area contributed by atoms with Gasteiger partial charge in [-0.15, -0.1) is 0 Å². The summed E-state index contributed by atoms with van der Waals surface area (Å²) in [5.41, 5.74) is 0.999. The maximum atomic E-state index is 10.8. The van der Waals surface area contributed by atoms with Gasteiger partial charge in [0.05, 0.1) is 6.61 Å². The third-order valence-electron chi connectivity index (χ3n) is 2.19. The van der Waals surface area contributed by atoms with Crippen molar-refractivity contribution in [2.45, 2.75) is 19.8 Å². The van der Waals surface area contributed by atoms with Crippen molar-refractivity contribution in [1.82, 2.24) is 4.90 Å². The largest absolute Gasteiger partial charge is 0.368 e. The molecule has 1 aromatic carbocycles. The van der Waals surface area contributed by atoms with E-state index < -0.39 is 6.29 Å². The van der Waals surface area contributed by atoms with Crippen LogP contribution in [-0.4, -0.2) is 35.9 Å². The van der Waals surface area contributed by atoms with E-state index in [4.69, 9.17) is 21.4 Å². The molecule has 94 valence electrons. The summed E-state index contributed by atoms with van der Waals surface area (Å²) >= 11 is 5.77. The third-order valence-corrected chi connectivity index (χ3v) is 2.44. The van der Waals surface area contributed by atoms with Crippen molar-refractivity contribution >= 4 is 18.0 Å². The van der Waals surface area contributed by atoms with Gasteiger partial charge in [-0.3, -0.25) is 4.79 Å². The molecule has 0 aliphatic heterocycles. The number of rotatable bonds is 7. The number of benzene rings is 1. The molecule has 0 aliphatic rings. The lowest BCUT2D eigenvalue weighted by molar-refractivity contribution is -0.123. The second kappa shape index (κ2) is 7.27. The number of aliphatic hydroxyl groups excluding tert-OH is 1. The highest BCUT2D eigenvalue weighted by molar-refractivity contribution is 6.30. The molecular formula is C12H16ClNO3. The van der Waals surface area contributed by atoms with E-state index in [0.717, 1.165) is 12.0 Å². The number of aliphatic hydroxyl groups is 1. The Morgan fingerprint density at radius 3 is 2.65 bits per heavy atom. The van der Waals surface area contributed by atoms with E-state index in [1.165, 1.54) is 6.92 Å². The van der Waals surface area contributed by atoms with Crippen molar-refractivity contribution in [2.75, 3.05) is 13.2 Å². The van der Waals surface area contributed by atoms with Gasteiger partial charge < -0.3 is 14.7 Å². The van der Waals surface area contributed by atoms with Crippen LogP contribution in [0, 0.1) is 0 Å². The van der Waals surface area contributed by atoms with E-state index >= 15 is 0 Å². The first-order valence-corrected chi connectivity index (χ1v) is 5.73. The zero-order valence-corrected chi connectivity index (χ0v) is 10.4. The Labute approximate surface area is 106 Å². The van der Waals surface area contributed by atoms with Crippen LogP contribution in [0.25, 0.3) is 0 Å². The van der Waals surface area contributed by atoms with Crippen molar-refractivity contribution in [3.8, 4) is 0 Å². The first-order valence-electron chi connectivity index (χ1n) is 5.35. The van der Waals surface area contributed by atoms with Crippen LogP contribution >= 0.6 is 11.6 Å². The Kier molecular flexibility index (Phi) is 5.97. The minimum atomic E-state index is -0.806. The average molecular weight is 258 g/mol. The van der Waals surface area contributed by atoms with Crippen LogP contribution in [0.5, 0.6) is 0 Å². The van der Waals surface area contributed by atoms with Crippen molar-refractivity contribution in [1.29, 1.82) is 0 Å². The quantitative estimate of drug-likeness (QED) is 0.597. The van der Waals surface area contributed by atoms with Crippen LogP contribution in [0.1, 0.15) is 12.5 Å². The standard InChI is InChI=1S/C12H16ClNO3/c1-10(16)17-7-6-14(9-15)8-11-2-4-12(13)5-3-11/h2-5,9-10,16H,6-8H2,1H3. The molecule has 0 saturated heterocycles. The lowest BCUT2D eigenvalue weighted by Crippen LogP contribution is -2.27. The summed E-state index contributed by atoms with van der Waals surface area (Å²) in [4.78, 5) is 12.4. The molecule has 1 amide bonds. The minimum absolute atomic E-state index is 0.310. The molecule has 0 radical (unpaired) electrons. The predicted molar refractivity (Wildman–Crippen MR) is 65.6 cm³/mol. The molecule has 1 atom stereocenters. The molecule has 5 heteroatoms. The molecular weight excluding hydrogens is 242 g/mol. The summed E-state index contributed by atoms with van der Waals surface area (Å²) in [6.07, 6.45) is -0.0426. The summed E-state index contributed by atoms with van der Waals surface area (Å²) in [5.74, 6) is 0. The van der Waals surface area contributed by atoms with Crippen molar-refractivity contribution in [3.63, 3.8) is 0 Å². The molecule has 0 fully saturated rings. The molecule has 17 heavy (non-hydrogen) atoms. The van der Waals surface area contributed by atoms with Crippen LogP contribution in [0.4, 0.5) is 0 Å². The van der Waals surface area contributed by atoms with Gasteiger partial charge in [-0.05, 0) is 24.6 Å². The summed E-state index contributed by atoms with van der Waals surface area (Å²) < 4.78 is 4.96. The van der Waals surface area contributed by atoms with Crippen LogP contribution in [0.3, 0.4) is 0 Å². The molecule has 0 saturated carbocycles. The van der Waals surface area contributed by atoms with Crippen molar-refractivity contribution in [3.05, 3.63) is 34.9 Å². The third kappa shape index (κ3) is 5.68. The fraction of sp³-hybridized carbons (Fsp3) is 0.417. The highest BCUT2D eigenvalue weighted by Crippen LogP contribution is 2.10. The lowest BCUT2D eigenvalue weighted by atomic mass is 10.2. The summed E-state index contributed by atoms with van der Waals surface area (Å²) in [6.45, 7) is 2.79. The number of ether oxygens (including phenoxy) is 1. The summed E-state index contributed by atoms with van der Waals surface area (Å²) in [6, 6.07) is 7.31. The molecule has 1 aromatic rings. The normalized spacial score (nSPS) is 12.2. The van der Waals surface area contributed by atoms with E-state index in [0.29, 0.717) is 24.7 Å². The smallest absolute Gasteiger partial charge is 0.210 e. The van der Waals surface area contributed by atoms with E-state index in [9.17, 15) is 4.79 Å². The maximum absolute atomic E-state index is 10.8. The Hall–Kier alpha value is -1.10. The number of carbonyl (C=O) groups is 1. The monoisotopic (exact) mass is 257 g/mol. The van der Waals surface area contributed by atoms with Gasteiger partial charge in [0.15, 0.2) is 6.29 Å². The van der Waals surface area contributed by atoms with Gasteiger partial charge in [-0.2, -0.15) is 0 Å². The molecule has 0 heterocycles. The van der Waals surface area contributed by atoms with Gasteiger partial charge in [0.25, 0.3) is 0 Å². The van der Waals surface area contributed by atoms with Gasteiger partial charge in [-0.1, -0.05) is 23.7 Å². The first kappa shape index (κ1) is 14.0. The molecule has 4 nitrogen and oxygen atoms in total. The fourth-order valence-corrected chi connectivity index (χ4v) is 1.46. The van der Waals surface area contributed by atoms with Gasteiger partial charge in [0, 0.05) is 18.1 Å². The lowest BCUT2D eigenvalue weighted by Gasteiger charge is -2.18. The molecule has 1 unspecified atom stereocenters. The Morgan fingerprint density at radius 1 is 1.47 bits per heavy atom. The number of nitrogens with zero attached hydrogens (tertiary/aromatic N) is 1. The van der Waals surface area contributed by atoms with Crippen LogP contribution in [-0.2, 0) is 16.1 Å². The number of amides is 1. The minimum Gasteiger partial charge on any atom is -0.368 e. The van der Waals surface area contributed by atoms with E-state index in [-0.39, 0.29) is 0 Å². The fourth-order valence-electron chi connectivity index (χ4n) is 1.33. The Morgan fingerprint density at radius 2 is 2.12 bits per heavy atom. The van der Waals surface area contributed by atoms with E-state index in [1.54, 1.807) is 17.0 Å². The Bertz CT molecular complexity index is 340. The molecule has 0 spiro atoms. The van der Waals surface area contributed by atoms with E-state index in [2.05, 4.69) is 0 Å². The average Bonchev–Trinajstić information content (AvgIpc) is 2.30. The molecule has 0 bridgehead atoms. The number of carbonyl (C=O) groups excluding carboxylic acids is 1. The maximum Gasteiger partial charge on any atom is 0.210 e. The second-order valence-electron chi connectivity index (χ2n) is 3.67. The van der Waals surface area contributed by atoms with Crippen molar-refractivity contribution < 1.29 is 14.6 Å². The number of halogens is 1. The molecule has 0 aromatic heterocycles. The topological polar surface area (TPSA) is 49.8 Å².